The fourth-order valence-corrected chi connectivity index (χ4v) is 3.38. The van der Waals surface area contributed by atoms with Crippen molar-refractivity contribution in [1.82, 2.24) is 10.2 Å². The van der Waals surface area contributed by atoms with Gasteiger partial charge in [-0.15, -0.1) is 0 Å². The molecule has 1 aromatic rings. The molecule has 2 aliphatic rings. The van der Waals surface area contributed by atoms with Gasteiger partial charge >= 0.3 is 0 Å². The van der Waals surface area contributed by atoms with Crippen molar-refractivity contribution in [2.45, 2.75) is 44.7 Å². The molecule has 1 unspecified atom stereocenters. The van der Waals surface area contributed by atoms with Crippen molar-refractivity contribution in [3.63, 3.8) is 0 Å². The zero-order valence-electron chi connectivity index (χ0n) is 12.3. The average Bonchev–Trinajstić information content (AvgIpc) is 3.30. The summed E-state index contributed by atoms with van der Waals surface area (Å²) in [6, 6.07) is 8.13. The van der Waals surface area contributed by atoms with E-state index in [1.165, 1.54) is 25.7 Å². The van der Waals surface area contributed by atoms with Gasteiger partial charge in [-0.05, 0) is 57.7 Å². The summed E-state index contributed by atoms with van der Waals surface area (Å²) in [6.07, 6.45) is 5.08. The van der Waals surface area contributed by atoms with Crippen molar-refractivity contribution >= 4 is 0 Å². The zero-order valence-corrected chi connectivity index (χ0v) is 12.3. The highest BCUT2D eigenvalue weighted by Crippen LogP contribution is 2.36. The molecule has 110 valence electrons. The van der Waals surface area contributed by atoms with Crippen LogP contribution in [-0.2, 0) is 0 Å². The van der Waals surface area contributed by atoms with Gasteiger partial charge < -0.3 is 5.32 Å². The van der Waals surface area contributed by atoms with Crippen LogP contribution in [0.2, 0.25) is 0 Å². The monoisotopic (exact) mass is 276 g/mol. The maximum Gasteiger partial charge on any atom is 0.127 e. The van der Waals surface area contributed by atoms with Crippen LogP contribution in [0.3, 0.4) is 0 Å². The number of halogens is 1. The van der Waals surface area contributed by atoms with Crippen LogP contribution in [0.1, 0.15) is 44.2 Å². The molecule has 1 aliphatic heterocycles. The molecule has 0 amide bonds. The normalized spacial score (nSPS) is 22.1. The number of hydrogen-bond donors (Lipinski definition) is 1. The molecule has 1 atom stereocenters. The van der Waals surface area contributed by atoms with Gasteiger partial charge in [0.25, 0.3) is 0 Å². The summed E-state index contributed by atoms with van der Waals surface area (Å²) in [5, 5.41) is 3.42. The van der Waals surface area contributed by atoms with Gasteiger partial charge in [-0.3, -0.25) is 4.90 Å². The Bertz CT molecular complexity index is 438. The molecule has 1 saturated carbocycles. The summed E-state index contributed by atoms with van der Waals surface area (Å²) in [4.78, 5) is 2.55. The number of nitrogens with one attached hydrogen (secondary N) is 1. The Morgan fingerprint density at radius 2 is 1.90 bits per heavy atom. The second-order valence-electron chi connectivity index (χ2n) is 6.32. The summed E-state index contributed by atoms with van der Waals surface area (Å²) in [7, 11) is 0. The van der Waals surface area contributed by atoms with Gasteiger partial charge in [-0.25, -0.2) is 4.39 Å². The first-order valence-corrected chi connectivity index (χ1v) is 7.96. The Morgan fingerprint density at radius 1 is 1.20 bits per heavy atom. The molecule has 1 aromatic carbocycles. The zero-order chi connectivity index (χ0) is 13.9. The van der Waals surface area contributed by atoms with Gasteiger partial charge in [0.15, 0.2) is 0 Å². The molecular weight excluding hydrogens is 251 g/mol. The molecule has 1 heterocycles. The minimum absolute atomic E-state index is 0.0593. The van der Waals surface area contributed by atoms with Crippen LogP contribution < -0.4 is 5.32 Å². The minimum Gasteiger partial charge on any atom is -0.317 e. The Morgan fingerprint density at radius 3 is 2.55 bits per heavy atom. The largest absolute Gasteiger partial charge is 0.317 e. The first kappa shape index (κ1) is 14.0. The smallest absolute Gasteiger partial charge is 0.127 e. The van der Waals surface area contributed by atoms with Crippen molar-refractivity contribution in [2.24, 2.45) is 5.92 Å². The lowest BCUT2D eigenvalue weighted by molar-refractivity contribution is 0.149. The lowest BCUT2D eigenvalue weighted by Gasteiger charge is -2.34. The predicted molar refractivity (Wildman–Crippen MR) is 80.1 cm³/mol. The molecule has 2 fully saturated rings. The number of nitrogens with zero attached hydrogens (tertiary/aromatic N) is 1. The van der Waals surface area contributed by atoms with E-state index in [4.69, 9.17) is 0 Å². The third-order valence-corrected chi connectivity index (χ3v) is 4.80. The minimum atomic E-state index is -0.0593. The van der Waals surface area contributed by atoms with Gasteiger partial charge in [-0.2, -0.15) is 0 Å². The molecule has 1 aliphatic carbocycles. The highest BCUT2D eigenvalue weighted by Gasteiger charge is 2.35. The lowest BCUT2D eigenvalue weighted by atomic mass is 9.96. The fourth-order valence-electron chi connectivity index (χ4n) is 3.38. The van der Waals surface area contributed by atoms with E-state index >= 15 is 0 Å². The molecule has 0 radical (unpaired) electrons. The topological polar surface area (TPSA) is 15.3 Å². The molecule has 3 heteroatoms. The number of piperidine rings is 1. The molecule has 0 aromatic heterocycles. The molecule has 3 rings (SSSR count). The van der Waals surface area contributed by atoms with Gasteiger partial charge in [0.2, 0.25) is 0 Å². The Labute approximate surface area is 121 Å². The summed E-state index contributed by atoms with van der Waals surface area (Å²) in [5.74, 6) is 0.710. The van der Waals surface area contributed by atoms with Crippen LogP contribution in [0.25, 0.3) is 0 Å². The molecular formula is C17H25FN2. The van der Waals surface area contributed by atoms with E-state index < -0.39 is 0 Å². The van der Waals surface area contributed by atoms with Crippen LogP contribution in [0, 0.1) is 11.7 Å². The lowest BCUT2D eigenvalue weighted by Crippen LogP contribution is -2.38. The van der Waals surface area contributed by atoms with Gasteiger partial charge in [0.05, 0.1) is 0 Å². The highest BCUT2D eigenvalue weighted by atomic mass is 19.1. The van der Waals surface area contributed by atoms with Crippen LogP contribution in [-0.4, -0.2) is 30.6 Å². The second-order valence-corrected chi connectivity index (χ2v) is 6.32. The van der Waals surface area contributed by atoms with Crippen LogP contribution in [0.15, 0.2) is 24.3 Å². The van der Waals surface area contributed by atoms with Crippen LogP contribution in [0.4, 0.5) is 4.39 Å². The van der Waals surface area contributed by atoms with Crippen molar-refractivity contribution in [3.8, 4) is 0 Å². The summed E-state index contributed by atoms with van der Waals surface area (Å²) >= 11 is 0. The number of benzene rings is 1. The van der Waals surface area contributed by atoms with E-state index in [1.807, 2.05) is 12.1 Å². The number of hydrogen-bond acceptors (Lipinski definition) is 2. The van der Waals surface area contributed by atoms with E-state index in [2.05, 4.69) is 17.1 Å². The quantitative estimate of drug-likeness (QED) is 0.887. The number of rotatable bonds is 5. The summed E-state index contributed by atoms with van der Waals surface area (Å²) in [5.41, 5.74) is 0.855. The molecule has 20 heavy (non-hydrogen) atoms. The Hall–Kier alpha value is -0.930. The Balaban J connectivity index is 1.71. The van der Waals surface area contributed by atoms with Crippen LogP contribution in [0.5, 0.6) is 0 Å². The van der Waals surface area contributed by atoms with Crippen LogP contribution >= 0.6 is 0 Å². The molecule has 2 nitrogen and oxygen atoms in total. The third-order valence-electron chi connectivity index (χ3n) is 4.80. The van der Waals surface area contributed by atoms with Crippen molar-refractivity contribution < 1.29 is 4.39 Å². The molecule has 0 bridgehead atoms. The maximum absolute atomic E-state index is 14.0. The standard InChI is InChI=1S/C17H25FN2/c1-13(16-4-2-3-5-17(16)18)20(15-6-7-15)12-14-8-10-19-11-9-14/h2-5,13-15,19H,6-12H2,1H3. The van der Waals surface area contributed by atoms with E-state index in [9.17, 15) is 4.39 Å². The molecule has 0 spiro atoms. The van der Waals surface area contributed by atoms with Crippen molar-refractivity contribution in [3.05, 3.63) is 35.6 Å². The highest BCUT2D eigenvalue weighted by molar-refractivity contribution is 5.21. The van der Waals surface area contributed by atoms with Gasteiger partial charge in [0.1, 0.15) is 5.82 Å². The van der Waals surface area contributed by atoms with E-state index in [0.717, 1.165) is 31.1 Å². The maximum atomic E-state index is 14.0. The van der Waals surface area contributed by atoms with Gasteiger partial charge in [-0.1, -0.05) is 18.2 Å². The van der Waals surface area contributed by atoms with Gasteiger partial charge in [0, 0.05) is 24.2 Å². The van der Waals surface area contributed by atoms with E-state index in [1.54, 1.807) is 12.1 Å². The average molecular weight is 276 g/mol. The Kier molecular flexibility index (Phi) is 4.37. The first-order valence-electron chi connectivity index (χ1n) is 7.96. The first-order chi connectivity index (χ1) is 9.75. The predicted octanol–water partition coefficient (Wildman–Crippen LogP) is 3.35. The molecule has 1 N–H and O–H groups in total. The summed E-state index contributed by atoms with van der Waals surface area (Å²) in [6.45, 7) is 5.56. The van der Waals surface area contributed by atoms with E-state index in [0.29, 0.717) is 6.04 Å². The van der Waals surface area contributed by atoms with Crippen molar-refractivity contribution in [1.29, 1.82) is 0 Å². The summed E-state index contributed by atoms with van der Waals surface area (Å²) < 4.78 is 14.0. The molecule has 1 saturated heterocycles. The SMILES string of the molecule is CC(c1ccccc1F)N(CC1CCNCC1)C1CC1. The third kappa shape index (κ3) is 3.21. The van der Waals surface area contributed by atoms with Crippen molar-refractivity contribution in [2.75, 3.05) is 19.6 Å². The second kappa shape index (κ2) is 6.23. The fraction of sp³-hybridized carbons (Fsp3) is 0.647. The van der Waals surface area contributed by atoms with E-state index in [-0.39, 0.29) is 11.9 Å².